The zero-order valence-electron chi connectivity index (χ0n) is 10.8. The minimum absolute atomic E-state index is 0.386. The summed E-state index contributed by atoms with van der Waals surface area (Å²) >= 11 is 3.75. The highest BCUT2D eigenvalue weighted by Gasteiger charge is 2.33. The number of nitrogens with zero attached hydrogens (tertiary/aromatic N) is 1. The van der Waals surface area contributed by atoms with Gasteiger partial charge in [0.15, 0.2) is 0 Å². The molecule has 2 fully saturated rings. The highest BCUT2D eigenvalue weighted by molar-refractivity contribution is 9.09. The molecule has 1 heterocycles. The van der Waals surface area contributed by atoms with Gasteiger partial charge in [0.2, 0.25) is 0 Å². The van der Waals surface area contributed by atoms with Crippen molar-refractivity contribution in [3.05, 3.63) is 0 Å². The molecule has 0 aromatic heterocycles. The van der Waals surface area contributed by atoms with Crippen LogP contribution < -0.4 is 0 Å². The van der Waals surface area contributed by atoms with Gasteiger partial charge in [0.25, 0.3) is 0 Å². The van der Waals surface area contributed by atoms with Gasteiger partial charge in [-0.3, -0.25) is 0 Å². The summed E-state index contributed by atoms with van der Waals surface area (Å²) in [7, 11) is 0. The Balaban J connectivity index is 1.82. The van der Waals surface area contributed by atoms with Crippen LogP contribution in [0.5, 0.6) is 0 Å². The van der Waals surface area contributed by atoms with E-state index < -0.39 is 0 Å². The average Bonchev–Trinajstić information content (AvgIpc) is 2.41. The molecular weight excluding hydrogens is 278 g/mol. The van der Waals surface area contributed by atoms with Gasteiger partial charge in [-0.1, -0.05) is 35.2 Å². The van der Waals surface area contributed by atoms with E-state index in [1.807, 2.05) is 0 Å². The van der Waals surface area contributed by atoms with E-state index in [-0.39, 0.29) is 0 Å². The van der Waals surface area contributed by atoms with E-state index in [1.165, 1.54) is 69.9 Å². The second-order valence-electron chi connectivity index (χ2n) is 6.10. The molecule has 0 aromatic rings. The number of hydrogen-bond acceptors (Lipinski definition) is 2. The Labute approximate surface area is 114 Å². The zero-order valence-corrected chi connectivity index (χ0v) is 12.4. The zero-order chi connectivity index (χ0) is 12.1. The number of aliphatic hydroxyl groups excluding tert-OH is 1. The van der Waals surface area contributed by atoms with Crippen LogP contribution in [0.4, 0.5) is 0 Å². The fourth-order valence-electron chi connectivity index (χ4n) is 3.44. The van der Waals surface area contributed by atoms with Crippen LogP contribution in [-0.4, -0.2) is 41.6 Å². The fourth-order valence-corrected chi connectivity index (χ4v) is 4.18. The first-order valence-corrected chi connectivity index (χ1v) is 8.29. The van der Waals surface area contributed by atoms with E-state index in [0.717, 1.165) is 0 Å². The van der Waals surface area contributed by atoms with Crippen LogP contribution >= 0.6 is 15.9 Å². The first-order chi connectivity index (χ1) is 8.28. The highest BCUT2D eigenvalue weighted by Crippen LogP contribution is 2.39. The fraction of sp³-hybridized carbons (Fsp3) is 1.00. The Kier molecular flexibility index (Phi) is 5.31. The number of alkyl halides is 1. The largest absolute Gasteiger partial charge is 0.396 e. The van der Waals surface area contributed by atoms with Gasteiger partial charge in [0.05, 0.1) is 0 Å². The lowest BCUT2D eigenvalue weighted by molar-refractivity contribution is 0.0796. The van der Waals surface area contributed by atoms with E-state index in [2.05, 4.69) is 20.8 Å². The van der Waals surface area contributed by atoms with Gasteiger partial charge in [-0.05, 0) is 50.1 Å². The van der Waals surface area contributed by atoms with Crippen LogP contribution in [0.2, 0.25) is 0 Å². The molecule has 1 aliphatic carbocycles. The predicted molar refractivity (Wildman–Crippen MR) is 75.6 cm³/mol. The maximum absolute atomic E-state index is 9.17. The number of hydrogen-bond donors (Lipinski definition) is 1. The molecule has 0 bridgehead atoms. The average molecular weight is 304 g/mol. The van der Waals surface area contributed by atoms with Crippen molar-refractivity contribution < 1.29 is 5.11 Å². The molecule has 0 radical (unpaired) electrons. The van der Waals surface area contributed by atoms with Gasteiger partial charge >= 0.3 is 0 Å². The second-order valence-corrected chi connectivity index (χ2v) is 6.66. The Morgan fingerprint density at radius 3 is 2.29 bits per heavy atom. The molecular formula is C14H26BrNO. The van der Waals surface area contributed by atoms with Crippen molar-refractivity contribution in [3.8, 4) is 0 Å². The summed E-state index contributed by atoms with van der Waals surface area (Å²) in [4.78, 5) is 2.64. The summed E-state index contributed by atoms with van der Waals surface area (Å²) in [6, 6.07) is 0. The third-order valence-corrected chi connectivity index (χ3v) is 5.91. The summed E-state index contributed by atoms with van der Waals surface area (Å²) in [5, 5.41) is 10.3. The Bertz CT molecular complexity index is 220. The molecule has 1 saturated heterocycles. The molecule has 100 valence electrons. The minimum Gasteiger partial charge on any atom is -0.396 e. The lowest BCUT2D eigenvalue weighted by atomic mass is 9.75. The molecule has 2 nitrogen and oxygen atoms in total. The van der Waals surface area contributed by atoms with Crippen LogP contribution in [0.25, 0.3) is 0 Å². The Morgan fingerprint density at radius 2 is 1.76 bits per heavy atom. The van der Waals surface area contributed by atoms with E-state index in [0.29, 0.717) is 17.9 Å². The molecule has 2 rings (SSSR count). The smallest absolute Gasteiger partial charge is 0.0460 e. The molecule has 1 N–H and O–H groups in total. The quantitative estimate of drug-likeness (QED) is 0.807. The molecule has 17 heavy (non-hydrogen) atoms. The molecule has 2 aliphatic rings. The molecule has 0 amide bonds. The summed E-state index contributed by atoms with van der Waals surface area (Å²) < 4.78 is 0. The van der Waals surface area contributed by atoms with Gasteiger partial charge in [-0.2, -0.15) is 0 Å². The lowest BCUT2D eigenvalue weighted by Crippen LogP contribution is -2.44. The van der Waals surface area contributed by atoms with E-state index in [4.69, 9.17) is 5.11 Å². The number of rotatable bonds is 4. The number of halogens is 1. The maximum Gasteiger partial charge on any atom is 0.0460 e. The molecule has 1 aliphatic heterocycles. The van der Waals surface area contributed by atoms with Crippen molar-refractivity contribution in [3.63, 3.8) is 0 Å². The molecule has 0 atom stereocenters. The van der Waals surface area contributed by atoms with Crippen LogP contribution in [0, 0.1) is 11.3 Å². The molecule has 0 unspecified atom stereocenters. The second kappa shape index (κ2) is 6.53. The van der Waals surface area contributed by atoms with Crippen LogP contribution in [0.3, 0.4) is 0 Å². The topological polar surface area (TPSA) is 23.5 Å². The van der Waals surface area contributed by atoms with E-state index in [1.54, 1.807) is 0 Å². The summed E-state index contributed by atoms with van der Waals surface area (Å²) in [5.74, 6) is 0.567. The van der Waals surface area contributed by atoms with Crippen molar-refractivity contribution in [2.45, 2.75) is 44.9 Å². The highest BCUT2D eigenvalue weighted by atomic mass is 79.9. The van der Waals surface area contributed by atoms with Crippen LogP contribution in [-0.2, 0) is 0 Å². The third-order valence-electron chi connectivity index (χ3n) is 4.72. The SMILES string of the molecule is OCC1CCN(CC2(CBr)CCCCC2)CC1. The van der Waals surface area contributed by atoms with Gasteiger partial charge in [0, 0.05) is 18.5 Å². The number of piperidine rings is 1. The first kappa shape index (κ1) is 13.8. The van der Waals surface area contributed by atoms with Crippen LogP contribution in [0.15, 0.2) is 0 Å². The van der Waals surface area contributed by atoms with Gasteiger partial charge in [0.1, 0.15) is 0 Å². The first-order valence-electron chi connectivity index (χ1n) is 7.17. The predicted octanol–water partition coefficient (Wildman–Crippen LogP) is 3.04. The van der Waals surface area contributed by atoms with Crippen molar-refractivity contribution >= 4 is 15.9 Å². The maximum atomic E-state index is 9.17. The van der Waals surface area contributed by atoms with E-state index in [9.17, 15) is 0 Å². The van der Waals surface area contributed by atoms with Gasteiger partial charge in [-0.15, -0.1) is 0 Å². The van der Waals surface area contributed by atoms with E-state index >= 15 is 0 Å². The van der Waals surface area contributed by atoms with Crippen LogP contribution in [0.1, 0.15) is 44.9 Å². The summed E-state index contributed by atoms with van der Waals surface area (Å²) in [6.07, 6.45) is 9.44. The standard InChI is InChI=1S/C14H26BrNO/c15-11-14(6-2-1-3-7-14)12-16-8-4-13(10-17)5-9-16/h13,17H,1-12H2. The molecule has 1 saturated carbocycles. The summed E-state index contributed by atoms with van der Waals surface area (Å²) in [5.41, 5.74) is 0.546. The lowest BCUT2D eigenvalue weighted by Gasteiger charge is -2.42. The van der Waals surface area contributed by atoms with Crippen molar-refractivity contribution in [2.75, 3.05) is 31.6 Å². The number of likely N-dealkylation sites (tertiary alicyclic amines) is 1. The Morgan fingerprint density at radius 1 is 1.12 bits per heavy atom. The van der Waals surface area contributed by atoms with Crippen molar-refractivity contribution in [1.82, 2.24) is 4.90 Å². The summed E-state index contributed by atoms with van der Waals surface area (Å²) in [6.45, 7) is 4.05. The van der Waals surface area contributed by atoms with Gasteiger partial charge in [-0.25, -0.2) is 0 Å². The third kappa shape index (κ3) is 3.68. The Hall–Kier alpha value is 0.400. The number of aliphatic hydroxyl groups is 1. The molecule has 0 spiro atoms. The monoisotopic (exact) mass is 303 g/mol. The van der Waals surface area contributed by atoms with Crippen molar-refractivity contribution in [2.24, 2.45) is 11.3 Å². The molecule has 0 aromatic carbocycles. The van der Waals surface area contributed by atoms with Crippen molar-refractivity contribution in [1.29, 1.82) is 0 Å². The van der Waals surface area contributed by atoms with Gasteiger partial charge < -0.3 is 10.0 Å². The minimum atomic E-state index is 0.386. The normalized spacial score (nSPS) is 27.2. The molecule has 3 heteroatoms.